The largest absolute Gasteiger partial charge is 0.497 e. The highest BCUT2D eigenvalue weighted by molar-refractivity contribution is 7.14. The summed E-state index contributed by atoms with van der Waals surface area (Å²) in [6.45, 7) is 0. The second kappa shape index (κ2) is 7.74. The van der Waals surface area contributed by atoms with Crippen molar-refractivity contribution in [1.29, 1.82) is 0 Å². The van der Waals surface area contributed by atoms with Gasteiger partial charge < -0.3 is 9.30 Å². The van der Waals surface area contributed by atoms with Gasteiger partial charge in [-0.25, -0.2) is 0 Å². The molecular formula is C25H19NOS2. The van der Waals surface area contributed by atoms with E-state index in [1.54, 1.807) is 29.8 Å². The quantitative estimate of drug-likeness (QED) is 0.289. The molecule has 5 rings (SSSR count). The van der Waals surface area contributed by atoms with Gasteiger partial charge in [-0.1, -0.05) is 42.5 Å². The summed E-state index contributed by atoms with van der Waals surface area (Å²) in [7, 11) is 1.70. The molecule has 29 heavy (non-hydrogen) atoms. The molecule has 0 fully saturated rings. The van der Waals surface area contributed by atoms with Crippen LogP contribution in [0.4, 0.5) is 0 Å². The summed E-state index contributed by atoms with van der Waals surface area (Å²) in [6, 6.07) is 29.8. The molecule has 0 radical (unpaired) electrons. The summed E-state index contributed by atoms with van der Waals surface area (Å²) in [5, 5.41) is 4.28. The molecule has 0 aliphatic heterocycles. The van der Waals surface area contributed by atoms with Crippen LogP contribution in [-0.2, 0) is 0 Å². The van der Waals surface area contributed by atoms with Crippen LogP contribution in [0.3, 0.4) is 0 Å². The van der Waals surface area contributed by atoms with E-state index in [-0.39, 0.29) is 0 Å². The molecular weight excluding hydrogens is 394 g/mol. The van der Waals surface area contributed by atoms with Gasteiger partial charge in [0.15, 0.2) is 0 Å². The first-order valence-electron chi connectivity index (χ1n) is 9.38. The van der Waals surface area contributed by atoms with Gasteiger partial charge in [-0.2, -0.15) is 0 Å². The lowest BCUT2D eigenvalue weighted by Gasteiger charge is -2.14. The second-order valence-corrected chi connectivity index (χ2v) is 8.54. The van der Waals surface area contributed by atoms with Crippen LogP contribution < -0.4 is 4.74 Å². The second-order valence-electron chi connectivity index (χ2n) is 6.65. The highest BCUT2D eigenvalue weighted by atomic mass is 32.1. The van der Waals surface area contributed by atoms with Gasteiger partial charge in [-0.3, -0.25) is 0 Å². The molecule has 3 heterocycles. The molecule has 3 aromatic heterocycles. The van der Waals surface area contributed by atoms with Crippen molar-refractivity contribution in [3.05, 3.63) is 95.7 Å². The van der Waals surface area contributed by atoms with Crippen molar-refractivity contribution in [3.63, 3.8) is 0 Å². The van der Waals surface area contributed by atoms with Gasteiger partial charge in [0.25, 0.3) is 0 Å². The number of hydrogen-bond acceptors (Lipinski definition) is 3. The summed E-state index contributed by atoms with van der Waals surface area (Å²) >= 11 is 3.55. The number of aromatic nitrogens is 1. The van der Waals surface area contributed by atoms with E-state index < -0.39 is 0 Å². The third kappa shape index (κ3) is 3.31. The van der Waals surface area contributed by atoms with Crippen molar-refractivity contribution in [2.75, 3.05) is 7.11 Å². The highest BCUT2D eigenvalue weighted by Crippen LogP contribution is 2.43. The highest BCUT2D eigenvalue weighted by Gasteiger charge is 2.21. The van der Waals surface area contributed by atoms with E-state index in [0.717, 1.165) is 11.4 Å². The van der Waals surface area contributed by atoms with Gasteiger partial charge in [-0.15, -0.1) is 22.7 Å². The summed E-state index contributed by atoms with van der Waals surface area (Å²) in [6.07, 6.45) is 0. The number of thiophene rings is 2. The fourth-order valence-electron chi connectivity index (χ4n) is 3.61. The maximum atomic E-state index is 5.38. The number of hydrogen-bond donors (Lipinski definition) is 0. The first kappa shape index (κ1) is 18.0. The normalized spacial score (nSPS) is 10.9. The Morgan fingerprint density at radius 3 is 2.03 bits per heavy atom. The van der Waals surface area contributed by atoms with Gasteiger partial charge in [0.05, 0.1) is 23.4 Å². The number of rotatable bonds is 5. The molecule has 5 aromatic rings. The van der Waals surface area contributed by atoms with Crippen LogP contribution in [0.15, 0.2) is 95.7 Å². The molecule has 2 nitrogen and oxygen atoms in total. The molecule has 0 amide bonds. The zero-order valence-electron chi connectivity index (χ0n) is 15.9. The Labute approximate surface area is 178 Å². The molecule has 0 atom stereocenters. The van der Waals surface area contributed by atoms with E-state index in [1.165, 1.54) is 32.3 Å². The number of methoxy groups -OCH3 is 1. The molecule has 0 N–H and O–H groups in total. The fourth-order valence-corrected chi connectivity index (χ4v) is 5.12. The van der Waals surface area contributed by atoms with E-state index >= 15 is 0 Å². The van der Waals surface area contributed by atoms with Crippen LogP contribution in [-0.4, -0.2) is 11.7 Å². The van der Waals surface area contributed by atoms with Crippen LogP contribution in [0.25, 0.3) is 38.0 Å². The lowest BCUT2D eigenvalue weighted by Crippen LogP contribution is -1.99. The van der Waals surface area contributed by atoms with Crippen LogP contribution >= 0.6 is 22.7 Å². The Balaban J connectivity index is 1.84. The summed E-state index contributed by atoms with van der Waals surface area (Å²) in [5.41, 5.74) is 5.99. The summed E-state index contributed by atoms with van der Waals surface area (Å²) in [4.78, 5) is 2.53. The predicted octanol–water partition coefficient (Wildman–Crippen LogP) is 7.61. The Kier molecular flexibility index (Phi) is 4.80. The van der Waals surface area contributed by atoms with E-state index in [2.05, 4.69) is 88.1 Å². The van der Waals surface area contributed by atoms with Crippen molar-refractivity contribution in [2.24, 2.45) is 0 Å². The molecule has 0 aliphatic carbocycles. The van der Waals surface area contributed by atoms with Crippen molar-refractivity contribution < 1.29 is 4.74 Å². The molecule has 4 heteroatoms. The Hall–Kier alpha value is -3.08. The summed E-state index contributed by atoms with van der Waals surface area (Å²) < 4.78 is 7.75. The smallest absolute Gasteiger partial charge is 0.119 e. The van der Waals surface area contributed by atoms with E-state index in [4.69, 9.17) is 4.74 Å². The molecule has 0 bridgehead atoms. The molecule has 0 unspecified atom stereocenters. The SMILES string of the molecule is COc1ccc(-n2c(-c3ccccc3)cc(-c3cccs3)c2-c2cccs2)cc1. The average Bonchev–Trinajstić information content (AvgIpc) is 3.54. The topological polar surface area (TPSA) is 14.2 Å². The minimum Gasteiger partial charge on any atom is -0.497 e. The Morgan fingerprint density at radius 1 is 0.724 bits per heavy atom. The molecule has 0 aliphatic rings. The fraction of sp³-hybridized carbons (Fsp3) is 0.0400. The van der Waals surface area contributed by atoms with Crippen molar-refractivity contribution in [1.82, 2.24) is 4.57 Å². The van der Waals surface area contributed by atoms with Crippen molar-refractivity contribution in [3.8, 4) is 43.7 Å². The van der Waals surface area contributed by atoms with Crippen LogP contribution in [0.2, 0.25) is 0 Å². The molecule has 0 saturated carbocycles. The number of benzene rings is 2. The van der Waals surface area contributed by atoms with E-state index in [9.17, 15) is 0 Å². The maximum Gasteiger partial charge on any atom is 0.119 e. The molecule has 2 aromatic carbocycles. The Bertz CT molecular complexity index is 1200. The summed E-state index contributed by atoms with van der Waals surface area (Å²) in [5.74, 6) is 0.860. The predicted molar refractivity (Wildman–Crippen MR) is 124 cm³/mol. The third-order valence-electron chi connectivity index (χ3n) is 4.94. The number of ether oxygens (including phenoxy) is 1. The van der Waals surface area contributed by atoms with Gasteiger partial charge in [0, 0.05) is 16.1 Å². The molecule has 142 valence electrons. The zero-order chi connectivity index (χ0) is 19.6. The van der Waals surface area contributed by atoms with Crippen LogP contribution in [0.5, 0.6) is 5.75 Å². The lowest BCUT2D eigenvalue weighted by atomic mass is 10.1. The van der Waals surface area contributed by atoms with Crippen LogP contribution in [0.1, 0.15) is 0 Å². The van der Waals surface area contributed by atoms with Gasteiger partial charge in [-0.05, 0) is 58.8 Å². The maximum absolute atomic E-state index is 5.38. The standard InChI is InChI=1S/C25H19NOS2/c1-27-20-13-11-19(12-14-20)26-22(18-7-3-2-4-8-18)17-21(23-9-5-15-28-23)25(26)24-10-6-16-29-24/h2-17H,1H3. The van der Waals surface area contributed by atoms with Crippen molar-refractivity contribution in [2.45, 2.75) is 0 Å². The minimum absolute atomic E-state index is 0.860. The van der Waals surface area contributed by atoms with Crippen molar-refractivity contribution >= 4 is 22.7 Å². The number of nitrogens with zero attached hydrogens (tertiary/aromatic N) is 1. The first-order chi connectivity index (χ1) is 14.3. The zero-order valence-corrected chi connectivity index (χ0v) is 17.5. The van der Waals surface area contributed by atoms with E-state index in [1.807, 2.05) is 12.1 Å². The Morgan fingerprint density at radius 2 is 1.41 bits per heavy atom. The third-order valence-corrected chi connectivity index (χ3v) is 6.72. The lowest BCUT2D eigenvalue weighted by molar-refractivity contribution is 0.415. The average molecular weight is 414 g/mol. The first-order valence-corrected chi connectivity index (χ1v) is 11.1. The van der Waals surface area contributed by atoms with Gasteiger partial charge in [0.1, 0.15) is 5.75 Å². The van der Waals surface area contributed by atoms with Gasteiger partial charge in [0.2, 0.25) is 0 Å². The minimum atomic E-state index is 0.860. The molecule has 0 spiro atoms. The van der Waals surface area contributed by atoms with Gasteiger partial charge >= 0.3 is 0 Å². The molecule has 0 saturated heterocycles. The van der Waals surface area contributed by atoms with E-state index in [0.29, 0.717) is 0 Å². The monoisotopic (exact) mass is 413 g/mol. The van der Waals surface area contributed by atoms with Crippen LogP contribution in [0, 0.1) is 0 Å².